The highest BCUT2D eigenvalue weighted by molar-refractivity contribution is 14.1. The highest BCUT2D eigenvalue weighted by Crippen LogP contribution is 2.28. The van der Waals surface area contributed by atoms with Gasteiger partial charge in [-0.15, -0.1) is 0 Å². The molecule has 1 aromatic carbocycles. The van der Waals surface area contributed by atoms with Gasteiger partial charge in [-0.3, -0.25) is 4.98 Å². The van der Waals surface area contributed by atoms with Gasteiger partial charge in [-0.2, -0.15) is 0 Å². The largest absolute Gasteiger partial charge is 0.323 e. The van der Waals surface area contributed by atoms with E-state index >= 15 is 0 Å². The number of hydrogen-bond donors (Lipinski definition) is 1. The zero-order valence-electron chi connectivity index (χ0n) is 9.68. The Morgan fingerprint density at radius 3 is 2.18 bits per heavy atom. The van der Waals surface area contributed by atoms with Gasteiger partial charge in [-0.25, -0.2) is 0 Å². The van der Waals surface area contributed by atoms with Crippen molar-refractivity contribution in [2.45, 2.75) is 18.9 Å². The monoisotopic (exact) mass is 338 g/mol. The molecule has 0 saturated heterocycles. The first-order valence-corrected chi connectivity index (χ1v) is 6.67. The summed E-state index contributed by atoms with van der Waals surface area (Å²) in [7, 11) is 0. The minimum absolute atomic E-state index is 0.0226. The van der Waals surface area contributed by atoms with Crippen molar-refractivity contribution in [3.63, 3.8) is 0 Å². The molecule has 2 rings (SSSR count). The fourth-order valence-electron chi connectivity index (χ4n) is 1.85. The molecule has 0 aliphatic rings. The molecule has 0 fully saturated rings. The maximum absolute atomic E-state index is 6.30. The Hall–Kier alpha value is -0.940. The Morgan fingerprint density at radius 1 is 1.00 bits per heavy atom. The number of aromatic nitrogens is 1. The van der Waals surface area contributed by atoms with Crippen molar-refractivity contribution in [2.24, 2.45) is 5.73 Å². The first-order valence-electron chi connectivity index (χ1n) is 5.59. The predicted molar refractivity (Wildman–Crippen MR) is 78.7 cm³/mol. The summed E-state index contributed by atoms with van der Waals surface area (Å²) < 4.78 is 1.23. The summed E-state index contributed by atoms with van der Waals surface area (Å²) in [5.74, 6) is 0.290. The standard InChI is InChI=1S/C14H15IN2/c1-10(11-6-8-17-9-7-11)14(16)12-2-4-13(15)5-3-12/h2-10,14H,16H2,1H3. The van der Waals surface area contributed by atoms with Crippen LogP contribution in [0.5, 0.6) is 0 Å². The molecule has 0 bridgehead atoms. The summed E-state index contributed by atoms with van der Waals surface area (Å²) in [6, 6.07) is 12.5. The first-order chi connectivity index (χ1) is 8.18. The van der Waals surface area contributed by atoms with E-state index in [9.17, 15) is 0 Å². The number of pyridine rings is 1. The third kappa shape index (κ3) is 3.04. The number of nitrogens with two attached hydrogens (primary N) is 1. The van der Waals surface area contributed by atoms with Gasteiger partial charge in [0, 0.05) is 27.9 Å². The zero-order valence-corrected chi connectivity index (χ0v) is 11.8. The number of benzene rings is 1. The van der Waals surface area contributed by atoms with Crippen molar-refractivity contribution in [1.82, 2.24) is 4.98 Å². The Kier molecular flexibility index (Phi) is 4.12. The molecule has 1 heterocycles. The van der Waals surface area contributed by atoms with E-state index in [0.717, 1.165) is 0 Å². The highest BCUT2D eigenvalue weighted by Gasteiger charge is 2.16. The minimum atomic E-state index is 0.0226. The molecule has 3 heteroatoms. The number of nitrogens with zero attached hydrogens (tertiary/aromatic N) is 1. The highest BCUT2D eigenvalue weighted by atomic mass is 127. The first kappa shape index (κ1) is 12.5. The summed E-state index contributed by atoms with van der Waals surface area (Å²) in [5, 5.41) is 0. The Morgan fingerprint density at radius 2 is 1.59 bits per heavy atom. The Balaban J connectivity index is 2.20. The molecule has 2 N–H and O–H groups in total. The van der Waals surface area contributed by atoms with Gasteiger partial charge >= 0.3 is 0 Å². The van der Waals surface area contributed by atoms with Gasteiger partial charge in [0.15, 0.2) is 0 Å². The van der Waals surface area contributed by atoms with Gasteiger partial charge in [-0.05, 0) is 58.0 Å². The van der Waals surface area contributed by atoms with Gasteiger partial charge in [0.1, 0.15) is 0 Å². The maximum Gasteiger partial charge on any atom is 0.0361 e. The molecule has 2 nitrogen and oxygen atoms in total. The quantitative estimate of drug-likeness (QED) is 0.870. The molecule has 0 aliphatic heterocycles. The predicted octanol–water partition coefficient (Wildman–Crippen LogP) is 3.49. The van der Waals surface area contributed by atoms with Crippen molar-refractivity contribution in [2.75, 3.05) is 0 Å². The fourth-order valence-corrected chi connectivity index (χ4v) is 2.21. The SMILES string of the molecule is CC(c1ccncc1)C(N)c1ccc(I)cc1. The molecule has 1 aromatic heterocycles. The Labute approximate surface area is 115 Å². The lowest BCUT2D eigenvalue weighted by Crippen LogP contribution is -2.17. The van der Waals surface area contributed by atoms with E-state index in [1.807, 2.05) is 24.5 Å². The van der Waals surface area contributed by atoms with Crippen LogP contribution in [0, 0.1) is 3.57 Å². The molecule has 0 saturated carbocycles. The fraction of sp³-hybridized carbons (Fsp3) is 0.214. The van der Waals surface area contributed by atoms with Gasteiger partial charge < -0.3 is 5.73 Å². The maximum atomic E-state index is 6.30. The van der Waals surface area contributed by atoms with Crippen LogP contribution >= 0.6 is 22.6 Å². The lowest BCUT2D eigenvalue weighted by Gasteiger charge is -2.20. The van der Waals surface area contributed by atoms with Crippen molar-refractivity contribution >= 4 is 22.6 Å². The number of rotatable bonds is 3. The second-order valence-corrected chi connectivity index (χ2v) is 5.39. The second-order valence-electron chi connectivity index (χ2n) is 4.15. The Bertz CT molecular complexity index is 467. The summed E-state index contributed by atoms with van der Waals surface area (Å²) in [5.41, 5.74) is 8.70. The summed E-state index contributed by atoms with van der Waals surface area (Å²) in [6.07, 6.45) is 3.62. The zero-order chi connectivity index (χ0) is 12.3. The molecule has 0 amide bonds. The van der Waals surface area contributed by atoms with Gasteiger partial charge in [0.05, 0.1) is 0 Å². The van der Waals surface area contributed by atoms with Gasteiger partial charge in [0.2, 0.25) is 0 Å². The molecule has 2 aromatic rings. The van der Waals surface area contributed by atoms with Crippen LogP contribution in [-0.2, 0) is 0 Å². The average Bonchev–Trinajstić information content (AvgIpc) is 2.39. The van der Waals surface area contributed by atoms with Crippen molar-refractivity contribution < 1.29 is 0 Å². The smallest absolute Gasteiger partial charge is 0.0361 e. The van der Waals surface area contributed by atoms with Crippen molar-refractivity contribution in [3.8, 4) is 0 Å². The average molecular weight is 338 g/mol. The van der Waals surface area contributed by atoms with Crippen LogP contribution in [0.1, 0.15) is 30.0 Å². The van der Waals surface area contributed by atoms with E-state index in [4.69, 9.17) is 5.73 Å². The molecule has 2 unspecified atom stereocenters. The van der Waals surface area contributed by atoms with E-state index in [2.05, 4.69) is 58.8 Å². The lowest BCUT2D eigenvalue weighted by molar-refractivity contribution is 0.597. The normalized spacial score (nSPS) is 14.3. The molecule has 0 spiro atoms. The molecular formula is C14H15IN2. The van der Waals surface area contributed by atoms with Crippen molar-refractivity contribution in [1.29, 1.82) is 0 Å². The van der Waals surface area contributed by atoms with E-state index in [-0.39, 0.29) is 12.0 Å². The molecule has 17 heavy (non-hydrogen) atoms. The van der Waals surface area contributed by atoms with Crippen LogP contribution in [-0.4, -0.2) is 4.98 Å². The van der Waals surface area contributed by atoms with Crippen LogP contribution < -0.4 is 5.73 Å². The van der Waals surface area contributed by atoms with Crippen LogP contribution in [0.2, 0.25) is 0 Å². The number of hydrogen-bond acceptors (Lipinski definition) is 2. The van der Waals surface area contributed by atoms with E-state index in [0.29, 0.717) is 0 Å². The van der Waals surface area contributed by atoms with Gasteiger partial charge in [0.25, 0.3) is 0 Å². The minimum Gasteiger partial charge on any atom is -0.323 e. The van der Waals surface area contributed by atoms with Crippen LogP contribution in [0.4, 0.5) is 0 Å². The molecule has 88 valence electrons. The molecule has 2 atom stereocenters. The van der Waals surface area contributed by atoms with Gasteiger partial charge in [-0.1, -0.05) is 19.1 Å². The third-order valence-corrected chi connectivity index (χ3v) is 3.74. The topological polar surface area (TPSA) is 38.9 Å². The summed E-state index contributed by atoms with van der Waals surface area (Å²) in [6.45, 7) is 2.15. The van der Waals surface area contributed by atoms with E-state index in [1.165, 1.54) is 14.7 Å². The summed E-state index contributed by atoms with van der Waals surface area (Å²) in [4.78, 5) is 4.03. The third-order valence-electron chi connectivity index (χ3n) is 3.03. The van der Waals surface area contributed by atoms with E-state index in [1.54, 1.807) is 0 Å². The van der Waals surface area contributed by atoms with Crippen LogP contribution in [0.25, 0.3) is 0 Å². The second kappa shape index (κ2) is 5.60. The molecule has 0 radical (unpaired) electrons. The molecule has 0 aliphatic carbocycles. The number of halogens is 1. The lowest BCUT2D eigenvalue weighted by atomic mass is 9.90. The van der Waals surface area contributed by atoms with E-state index < -0.39 is 0 Å². The van der Waals surface area contributed by atoms with Crippen molar-refractivity contribution in [3.05, 3.63) is 63.5 Å². The summed E-state index contributed by atoms with van der Waals surface area (Å²) >= 11 is 2.30. The molecular weight excluding hydrogens is 323 g/mol. The van der Waals surface area contributed by atoms with Crippen LogP contribution in [0.3, 0.4) is 0 Å². The van der Waals surface area contributed by atoms with Crippen LogP contribution in [0.15, 0.2) is 48.8 Å².